The van der Waals surface area contributed by atoms with Crippen molar-refractivity contribution in [2.75, 3.05) is 0 Å². The Morgan fingerprint density at radius 1 is 1.36 bits per heavy atom. The number of hydrogen-bond acceptors (Lipinski definition) is 4. The molecule has 1 amide bonds. The number of carbonyl (C=O) groups excluding carboxylic acids is 1. The van der Waals surface area contributed by atoms with Crippen molar-refractivity contribution in [1.29, 1.82) is 0 Å². The van der Waals surface area contributed by atoms with Crippen molar-refractivity contribution < 1.29 is 9.21 Å². The smallest absolute Gasteiger partial charge is 0.408 e. The van der Waals surface area contributed by atoms with Crippen molar-refractivity contribution in [3.8, 4) is 0 Å². The van der Waals surface area contributed by atoms with Gasteiger partial charge in [-0.25, -0.2) is 4.79 Å². The van der Waals surface area contributed by atoms with Gasteiger partial charge in [-0.2, -0.15) is 5.10 Å². The molecule has 0 fully saturated rings. The number of nitrogens with one attached hydrogen (secondary N) is 2. The van der Waals surface area contributed by atoms with E-state index in [2.05, 4.69) is 15.5 Å². The Morgan fingerprint density at radius 2 is 2.12 bits per heavy atom. The van der Waals surface area contributed by atoms with Gasteiger partial charge in [0.1, 0.15) is 0 Å². The Labute approximate surface area is 145 Å². The fourth-order valence-corrected chi connectivity index (χ4v) is 3.03. The minimum absolute atomic E-state index is 0.0478. The van der Waals surface area contributed by atoms with E-state index in [9.17, 15) is 9.59 Å². The average Bonchev–Trinajstić information content (AvgIpc) is 3.05. The molecule has 1 aromatic carbocycles. The van der Waals surface area contributed by atoms with Gasteiger partial charge in [0.2, 0.25) is 5.91 Å². The van der Waals surface area contributed by atoms with Crippen LogP contribution in [0.3, 0.4) is 0 Å². The van der Waals surface area contributed by atoms with E-state index in [0.717, 1.165) is 22.5 Å². The number of benzene rings is 1. The number of aromatic amines is 1. The zero-order valence-corrected chi connectivity index (χ0v) is 14.6. The lowest BCUT2D eigenvalue weighted by Gasteiger charge is -2.14. The van der Waals surface area contributed by atoms with E-state index in [1.54, 1.807) is 10.6 Å². The van der Waals surface area contributed by atoms with Crippen LogP contribution in [0.15, 0.2) is 33.5 Å². The lowest BCUT2D eigenvalue weighted by atomic mass is 10.1. The zero-order chi connectivity index (χ0) is 18.0. The molecule has 3 aromatic rings. The normalized spacial score (nSPS) is 12.4. The number of aromatic nitrogens is 3. The number of rotatable bonds is 6. The zero-order valence-electron chi connectivity index (χ0n) is 14.6. The number of para-hydroxylation sites is 2. The van der Waals surface area contributed by atoms with Gasteiger partial charge in [0.25, 0.3) is 0 Å². The van der Waals surface area contributed by atoms with E-state index < -0.39 is 5.76 Å². The van der Waals surface area contributed by atoms with Crippen LogP contribution in [0.4, 0.5) is 0 Å². The van der Waals surface area contributed by atoms with Crippen LogP contribution in [0.25, 0.3) is 11.1 Å². The maximum Gasteiger partial charge on any atom is 0.420 e. The van der Waals surface area contributed by atoms with Crippen LogP contribution in [0.1, 0.15) is 30.3 Å². The maximum atomic E-state index is 12.2. The van der Waals surface area contributed by atoms with E-state index in [0.29, 0.717) is 25.0 Å². The first-order valence-corrected chi connectivity index (χ1v) is 8.34. The van der Waals surface area contributed by atoms with Crippen LogP contribution in [-0.4, -0.2) is 26.7 Å². The van der Waals surface area contributed by atoms with Gasteiger partial charge >= 0.3 is 5.76 Å². The van der Waals surface area contributed by atoms with Gasteiger partial charge in [-0.1, -0.05) is 12.1 Å². The predicted octanol–water partition coefficient (Wildman–Crippen LogP) is 2.07. The van der Waals surface area contributed by atoms with Crippen molar-refractivity contribution in [2.45, 2.75) is 46.2 Å². The van der Waals surface area contributed by atoms with Gasteiger partial charge in [-0.15, -0.1) is 0 Å². The molecule has 0 unspecified atom stereocenters. The second-order valence-corrected chi connectivity index (χ2v) is 6.33. The number of hydrogen-bond donors (Lipinski definition) is 2. The van der Waals surface area contributed by atoms with Crippen LogP contribution in [0, 0.1) is 13.8 Å². The number of oxazole rings is 1. The Kier molecular flexibility index (Phi) is 4.74. The first kappa shape index (κ1) is 17.0. The molecule has 25 heavy (non-hydrogen) atoms. The molecule has 0 spiro atoms. The molecule has 0 aliphatic rings. The molecule has 2 aromatic heterocycles. The molecule has 7 heteroatoms. The third-order valence-electron chi connectivity index (χ3n) is 4.32. The van der Waals surface area contributed by atoms with E-state index in [-0.39, 0.29) is 11.9 Å². The molecule has 0 bridgehead atoms. The second kappa shape index (κ2) is 6.96. The summed E-state index contributed by atoms with van der Waals surface area (Å²) in [6.07, 6.45) is 1.02. The van der Waals surface area contributed by atoms with Crippen LogP contribution in [0.2, 0.25) is 0 Å². The standard InChI is InChI=1S/C18H22N4O3/c1-11(10-22-15-6-4-5-7-16(15)25-18(22)24)19-17(23)9-8-14-12(2)20-21-13(14)3/h4-7,11H,8-10H2,1-3H3,(H,19,23)(H,20,21)/t11-/m1/s1. The summed E-state index contributed by atoms with van der Waals surface area (Å²) in [6, 6.07) is 7.08. The van der Waals surface area contributed by atoms with Gasteiger partial charge < -0.3 is 9.73 Å². The highest BCUT2D eigenvalue weighted by molar-refractivity contribution is 5.76. The van der Waals surface area contributed by atoms with Gasteiger partial charge in [0.05, 0.1) is 11.2 Å². The molecule has 0 aliphatic heterocycles. The highest BCUT2D eigenvalue weighted by Crippen LogP contribution is 2.13. The monoisotopic (exact) mass is 342 g/mol. The Bertz CT molecular complexity index is 931. The molecular formula is C18H22N4O3. The summed E-state index contributed by atoms with van der Waals surface area (Å²) in [5, 5.41) is 10.0. The largest absolute Gasteiger partial charge is 0.420 e. The summed E-state index contributed by atoms with van der Waals surface area (Å²) < 4.78 is 6.76. The van der Waals surface area contributed by atoms with E-state index in [4.69, 9.17) is 4.42 Å². The van der Waals surface area contributed by atoms with E-state index in [1.807, 2.05) is 39.0 Å². The van der Waals surface area contributed by atoms with E-state index in [1.165, 1.54) is 0 Å². The summed E-state index contributed by atoms with van der Waals surface area (Å²) in [7, 11) is 0. The van der Waals surface area contributed by atoms with Gasteiger partial charge in [-0.05, 0) is 44.9 Å². The van der Waals surface area contributed by atoms with Crippen LogP contribution < -0.4 is 11.1 Å². The fourth-order valence-electron chi connectivity index (χ4n) is 3.03. The van der Waals surface area contributed by atoms with Gasteiger partial charge in [-0.3, -0.25) is 14.5 Å². The molecule has 2 heterocycles. The lowest BCUT2D eigenvalue weighted by Crippen LogP contribution is -2.37. The van der Waals surface area contributed by atoms with E-state index >= 15 is 0 Å². The number of H-pyrrole nitrogens is 1. The third-order valence-corrected chi connectivity index (χ3v) is 4.32. The molecule has 0 saturated carbocycles. The molecule has 7 nitrogen and oxygen atoms in total. The highest BCUT2D eigenvalue weighted by atomic mass is 16.4. The molecule has 2 N–H and O–H groups in total. The quantitative estimate of drug-likeness (QED) is 0.717. The maximum absolute atomic E-state index is 12.2. The number of amides is 1. The molecule has 1 atom stereocenters. The summed E-state index contributed by atoms with van der Waals surface area (Å²) in [6.45, 7) is 6.12. The fraction of sp³-hybridized carbons (Fsp3) is 0.389. The summed E-state index contributed by atoms with van der Waals surface area (Å²) in [5.41, 5.74) is 4.29. The number of nitrogens with zero attached hydrogens (tertiary/aromatic N) is 2. The number of aryl methyl sites for hydroxylation is 2. The Hall–Kier alpha value is -2.83. The predicted molar refractivity (Wildman–Crippen MR) is 94.5 cm³/mol. The third kappa shape index (κ3) is 3.65. The molecule has 0 aliphatic carbocycles. The minimum atomic E-state index is -0.410. The molecular weight excluding hydrogens is 320 g/mol. The lowest BCUT2D eigenvalue weighted by molar-refractivity contribution is -0.121. The van der Waals surface area contributed by atoms with Crippen LogP contribution in [0.5, 0.6) is 0 Å². The first-order chi connectivity index (χ1) is 12.0. The van der Waals surface area contributed by atoms with Crippen molar-refractivity contribution in [3.05, 3.63) is 51.8 Å². The van der Waals surface area contributed by atoms with Gasteiger partial charge in [0, 0.05) is 24.7 Å². The Morgan fingerprint density at radius 3 is 2.84 bits per heavy atom. The topological polar surface area (TPSA) is 92.9 Å². The number of carbonyl (C=O) groups is 1. The summed E-state index contributed by atoms with van der Waals surface area (Å²) >= 11 is 0. The minimum Gasteiger partial charge on any atom is -0.408 e. The first-order valence-electron chi connectivity index (χ1n) is 8.34. The molecule has 3 rings (SSSR count). The molecule has 0 saturated heterocycles. The average molecular weight is 342 g/mol. The number of fused-ring (bicyclic) bond motifs is 1. The van der Waals surface area contributed by atoms with Crippen LogP contribution >= 0.6 is 0 Å². The van der Waals surface area contributed by atoms with Crippen LogP contribution in [-0.2, 0) is 17.8 Å². The van der Waals surface area contributed by atoms with Crippen molar-refractivity contribution in [1.82, 2.24) is 20.1 Å². The summed E-state index contributed by atoms with van der Waals surface area (Å²) in [4.78, 5) is 24.2. The Balaban J connectivity index is 1.60. The van der Waals surface area contributed by atoms with Crippen molar-refractivity contribution in [2.24, 2.45) is 0 Å². The molecule has 0 radical (unpaired) electrons. The van der Waals surface area contributed by atoms with Crippen molar-refractivity contribution >= 4 is 17.0 Å². The van der Waals surface area contributed by atoms with Gasteiger partial charge in [0.15, 0.2) is 5.58 Å². The van der Waals surface area contributed by atoms with Crippen molar-refractivity contribution in [3.63, 3.8) is 0 Å². The molecule has 132 valence electrons. The highest BCUT2D eigenvalue weighted by Gasteiger charge is 2.14. The summed E-state index contributed by atoms with van der Waals surface area (Å²) in [5.74, 6) is -0.458. The SMILES string of the molecule is Cc1n[nH]c(C)c1CCC(=O)N[C@H](C)Cn1c(=O)oc2ccccc21. The second-order valence-electron chi connectivity index (χ2n) is 6.33.